The summed E-state index contributed by atoms with van der Waals surface area (Å²) in [5, 5.41) is 5.09. The van der Waals surface area contributed by atoms with Crippen LogP contribution in [0.4, 0.5) is 0 Å². The molecule has 0 spiro atoms. The molecular formula is C38H26. The van der Waals surface area contributed by atoms with Crippen LogP contribution < -0.4 is 0 Å². The van der Waals surface area contributed by atoms with Crippen LogP contribution in [0.3, 0.4) is 0 Å². The molecule has 0 bridgehead atoms. The molecule has 0 aromatic heterocycles. The van der Waals surface area contributed by atoms with E-state index in [1.54, 1.807) is 0 Å². The maximum atomic E-state index is 2.38. The molecular weight excluding hydrogens is 456 g/mol. The molecule has 0 N–H and O–H groups in total. The molecule has 0 unspecified atom stereocenters. The minimum absolute atomic E-state index is 1.23. The van der Waals surface area contributed by atoms with Gasteiger partial charge < -0.3 is 0 Å². The van der Waals surface area contributed by atoms with E-state index in [1.165, 1.54) is 66.1 Å². The lowest BCUT2D eigenvalue weighted by molar-refractivity contribution is 1.62. The Labute approximate surface area is 223 Å². The largest absolute Gasteiger partial charge is 0.0622 e. The van der Waals surface area contributed by atoms with Gasteiger partial charge in [-0.15, -0.1) is 0 Å². The van der Waals surface area contributed by atoms with Crippen molar-refractivity contribution in [2.75, 3.05) is 0 Å². The van der Waals surface area contributed by atoms with Gasteiger partial charge in [-0.3, -0.25) is 0 Å². The monoisotopic (exact) mass is 482 g/mol. The van der Waals surface area contributed by atoms with E-state index in [4.69, 9.17) is 0 Å². The lowest BCUT2D eigenvalue weighted by atomic mass is 9.84. The highest BCUT2D eigenvalue weighted by Crippen LogP contribution is 2.45. The average molecular weight is 483 g/mol. The van der Waals surface area contributed by atoms with Gasteiger partial charge in [0.2, 0.25) is 0 Å². The Morgan fingerprint density at radius 2 is 0.526 bits per heavy atom. The summed E-state index contributed by atoms with van der Waals surface area (Å²) in [6.45, 7) is 0. The van der Waals surface area contributed by atoms with Gasteiger partial charge in [0.05, 0.1) is 0 Å². The Balaban J connectivity index is 1.64. The molecule has 178 valence electrons. The van der Waals surface area contributed by atoms with Crippen LogP contribution in [0.25, 0.3) is 66.1 Å². The van der Waals surface area contributed by atoms with Crippen molar-refractivity contribution >= 4 is 21.5 Å². The molecule has 0 aliphatic carbocycles. The molecule has 0 heterocycles. The molecule has 7 aromatic carbocycles. The second-order valence-corrected chi connectivity index (χ2v) is 9.73. The Hall–Kier alpha value is -4.94. The molecule has 0 saturated heterocycles. The summed E-state index contributed by atoms with van der Waals surface area (Å²) in [4.78, 5) is 0. The van der Waals surface area contributed by atoms with Crippen molar-refractivity contribution in [2.45, 2.75) is 0 Å². The highest BCUT2D eigenvalue weighted by molar-refractivity contribution is 6.22. The fourth-order valence-corrected chi connectivity index (χ4v) is 5.68. The number of fused-ring (bicyclic) bond motifs is 2. The Kier molecular flexibility index (Phi) is 5.57. The summed E-state index contributed by atoms with van der Waals surface area (Å²) in [6.07, 6.45) is 0. The number of hydrogen-bond acceptors (Lipinski definition) is 0. The molecule has 0 radical (unpaired) electrons. The predicted molar refractivity (Wildman–Crippen MR) is 163 cm³/mol. The third-order valence-corrected chi connectivity index (χ3v) is 7.46. The summed E-state index contributed by atoms with van der Waals surface area (Å²) < 4.78 is 0. The van der Waals surface area contributed by atoms with Crippen molar-refractivity contribution in [1.29, 1.82) is 0 Å². The summed E-state index contributed by atoms with van der Waals surface area (Å²) in [6, 6.07) is 56.9. The van der Waals surface area contributed by atoms with Gasteiger partial charge in [-0.05, 0) is 78.2 Å². The predicted octanol–water partition coefficient (Wildman–Crippen LogP) is 10.7. The average Bonchev–Trinajstić information content (AvgIpc) is 3.01. The van der Waals surface area contributed by atoms with E-state index < -0.39 is 0 Å². The fourth-order valence-electron chi connectivity index (χ4n) is 5.68. The molecule has 0 amide bonds. The Morgan fingerprint density at radius 3 is 0.868 bits per heavy atom. The standard InChI is InChI=1S/C38H26/c1-5-13-27(14-6-1)31-21-23-33-35(25-31)37(29-17-9-3-10-18-29)34-24-22-32(28-15-7-2-8-16-28)26-36(34)38(33)30-19-11-4-12-20-30/h1-26H. The summed E-state index contributed by atoms with van der Waals surface area (Å²) in [7, 11) is 0. The van der Waals surface area contributed by atoms with E-state index in [1.807, 2.05) is 0 Å². The fraction of sp³-hybridized carbons (Fsp3) is 0. The summed E-state index contributed by atoms with van der Waals surface area (Å²) >= 11 is 0. The highest BCUT2D eigenvalue weighted by atomic mass is 14.2. The molecule has 0 nitrogen and oxygen atoms in total. The first kappa shape index (κ1) is 22.3. The molecule has 0 atom stereocenters. The van der Waals surface area contributed by atoms with E-state index >= 15 is 0 Å². The van der Waals surface area contributed by atoms with Crippen molar-refractivity contribution in [1.82, 2.24) is 0 Å². The molecule has 0 saturated carbocycles. The molecule has 0 fully saturated rings. The molecule has 7 aromatic rings. The van der Waals surface area contributed by atoms with Gasteiger partial charge in [0, 0.05) is 0 Å². The molecule has 38 heavy (non-hydrogen) atoms. The third kappa shape index (κ3) is 3.88. The first-order valence-electron chi connectivity index (χ1n) is 13.1. The first-order chi connectivity index (χ1) is 18.9. The summed E-state index contributed by atoms with van der Waals surface area (Å²) in [5.74, 6) is 0. The van der Waals surface area contributed by atoms with Crippen LogP contribution in [0.2, 0.25) is 0 Å². The second-order valence-electron chi connectivity index (χ2n) is 9.73. The van der Waals surface area contributed by atoms with Gasteiger partial charge >= 0.3 is 0 Å². The maximum absolute atomic E-state index is 2.38. The minimum atomic E-state index is 1.23. The number of hydrogen-bond donors (Lipinski definition) is 0. The van der Waals surface area contributed by atoms with E-state index in [2.05, 4.69) is 158 Å². The van der Waals surface area contributed by atoms with Crippen LogP contribution in [-0.2, 0) is 0 Å². The van der Waals surface area contributed by atoms with Gasteiger partial charge in [-0.1, -0.05) is 146 Å². The SMILES string of the molecule is c1ccc(-c2ccc3c(-c4ccccc4)c4cc(-c5ccccc5)ccc4c(-c4ccccc4)c3c2)cc1. The van der Waals surface area contributed by atoms with E-state index in [9.17, 15) is 0 Å². The zero-order valence-electron chi connectivity index (χ0n) is 21.0. The van der Waals surface area contributed by atoms with Gasteiger partial charge in [-0.25, -0.2) is 0 Å². The van der Waals surface area contributed by atoms with Crippen LogP contribution in [-0.4, -0.2) is 0 Å². The van der Waals surface area contributed by atoms with Gasteiger partial charge in [0.15, 0.2) is 0 Å². The van der Waals surface area contributed by atoms with Crippen LogP contribution in [0, 0.1) is 0 Å². The van der Waals surface area contributed by atoms with Crippen molar-refractivity contribution < 1.29 is 0 Å². The first-order valence-corrected chi connectivity index (χ1v) is 13.1. The van der Waals surface area contributed by atoms with Crippen LogP contribution in [0.1, 0.15) is 0 Å². The van der Waals surface area contributed by atoms with Crippen molar-refractivity contribution in [3.05, 3.63) is 158 Å². The number of benzene rings is 7. The molecule has 0 heteroatoms. The van der Waals surface area contributed by atoms with Gasteiger partial charge in [-0.2, -0.15) is 0 Å². The van der Waals surface area contributed by atoms with Crippen molar-refractivity contribution in [3.8, 4) is 44.5 Å². The van der Waals surface area contributed by atoms with Crippen LogP contribution >= 0.6 is 0 Å². The van der Waals surface area contributed by atoms with E-state index in [0.29, 0.717) is 0 Å². The van der Waals surface area contributed by atoms with Crippen molar-refractivity contribution in [2.24, 2.45) is 0 Å². The minimum Gasteiger partial charge on any atom is -0.0622 e. The smallest absolute Gasteiger partial charge is 0.00261 e. The Morgan fingerprint density at radius 1 is 0.211 bits per heavy atom. The molecule has 0 aliphatic heterocycles. The Bertz CT molecular complexity index is 1730. The lowest BCUT2D eigenvalue weighted by Crippen LogP contribution is -1.92. The van der Waals surface area contributed by atoms with Crippen LogP contribution in [0.15, 0.2) is 158 Å². The quantitative estimate of drug-likeness (QED) is 0.219. The van der Waals surface area contributed by atoms with E-state index in [0.717, 1.165) is 0 Å². The second kappa shape index (κ2) is 9.50. The van der Waals surface area contributed by atoms with Gasteiger partial charge in [0.1, 0.15) is 0 Å². The zero-order chi connectivity index (χ0) is 25.3. The maximum Gasteiger partial charge on any atom is -0.00261 e. The van der Waals surface area contributed by atoms with Gasteiger partial charge in [0.25, 0.3) is 0 Å². The number of rotatable bonds is 4. The van der Waals surface area contributed by atoms with E-state index in [-0.39, 0.29) is 0 Å². The molecule has 0 aliphatic rings. The topological polar surface area (TPSA) is 0 Å². The lowest BCUT2D eigenvalue weighted by Gasteiger charge is -2.19. The normalized spacial score (nSPS) is 11.2. The summed E-state index contributed by atoms with van der Waals surface area (Å²) in [5.41, 5.74) is 9.97. The third-order valence-electron chi connectivity index (χ3n) is 7.46. The van der Waals surface area contributed by atoms with Crippen LogP contribution in [0.5, 0.6) is 0 Å². The zero-order valence-corrected chi connectivity index (χ0v) is 21.0. The highest BCUT2D eigenvalue weighted by Gasteiger charge is 2.18. The van der Waals surface area contributed by atoms with Crippen molar-refractivity contribution in [3.63, 3.8) is 0 Å². The molecule has 7 rings (SSSR count).